The molecule has 0 amide bonds. The number of thioether (sulfide) groups is 1. The maximum atomic E-state index is 14.7. The molecule has 0 fully saturated rings. The van der Waals surface area contributed by atoms with Gasteiger partial charge in [0.05, 0.1) is 6.26 Å². The quantitative estimate of drug-likeness (QED) is 0.458. The molecular weight excluding hydrogens is 488 g/mol. The van der Waals surface area contributed by atoms with Crippen molar-refractivity contribution in [3.63, 3.8) is 0 Å². The summed E-state index contributed by atoms with van der Waals surface area (Å²) in [6.07, 6.45) is 2.03. The van der Waals surface area contributed by atoms with Gasteiger partial charge in [-0.15, -0.1) is 10.2 Å². The fourth-order valence-corrected chi connectivity index (χ4v) is 6.21. The molecule has 4 rings (SSSR count). The van der Waals surface area contributed by atoms with Crippen LogP contribution in [-0.2, 0) is 14.9 Å². The van der Waals surface area contributed by atoms with Crippen LogP contribution in [0.25, 0.3) is 0 Å². The molecule has 1 aliphatic rings. The van der Waals surface area contributed by atoms with Gasteiger partial charge < -0.3 is 0 Å². The van der Waals surface area contributed by atoms with Crippen LogP contribution in [0, 0.1) is 18.6 Å². The molecule has 2 heterocycles. The van der Waals surface area contributed by atoms with Crippen LogP contribution in [-0.4, -0.2) is 36.5 Å². The predicted molar refractivity (Wildman–Crippen MR) is 128 cm³/mol. The Hall–Kier alpha value is -2.41. The average Bonchev–Trinajstić information content (AvgIpc) is 3.37. The normalized spacial score (nSPS) is 18.5. The Balaban J connectivity index is 1.79. The third-order valence-corrected chi connectivity index (χ3v) is 7.92. The number of anilines is 1. The fourth-order valence-electron chi connectivity index (χ4n) is 3.50. The number of hydrogen-bond donors (Lipinski definition) is 1. The second-order valence-electron chi connectivity index (χ2n) is 7.47. The molecule has 1 N–H and O–H groups in total. The molecule has 33 heavy (non-hydrogen) atoms. The lowest BCUT2D eigenvalue weighted by Crippen LogP contribution is -2.38. The molecule has 1 aromatic heterocycles. The van der Waals surface area contributed by atoms with Crippen molar-refractivity contribution >= 4 is 43.3 Å². The van der Waals surface area contributed by atoms with Gasteiger partial charge in [0.25, 0.3) is 0 Å². The molecule has 0 saturated carbocycles. The summed E-state index contributed by atoms with van der Waals surface area (Å²) in [7, 11) is -3.34. The van der Waals surface area contributed by atoms with Crippen LogP contribution in [0.5, 0.6) is 0 Å². The van der Waals surface area contributed by atoms with E-state index in [1.165, 1.54) is 23.1 Å². The molecule has 0 spiro atoms. The highest BCUT2D eigenvalue weighted by Gasteiger charge is 2.47. The zero-order valence-corrected chi connectivity index (χ0v) is 20.3. The van der Waals surface area contributed by atoms with Gasteiger partial charge in [0.1, 0.15) is 26.6 Å². The van der Waals surface area contributed by atoms with E-state index in [2.05, 4.69) is 20.0 Å². The van der Waals surface area contributed by atoms with Crippen LogP contribution in [0.1, 0.15) is 29.0 Å². The number of aromatic nitrogens is 2. The zero-order chi connectivity index (χ0) is 23.6. The number of nitrogens with zero attached hydrogens (tertiary/aromatic N) is 4. The van der Waals surface area contributed by atoms with Crippen LogP contribution >= 0.6 is 23.1 Å². The number of halogens is 2. The summed E-state index contributed by atoms with van der Waals surface area (Å²) in [5.41, 5.74) is 0.927. The second kappa shape index (κ2) is 9.45. The van der Waals surface area contributed by atoms with Crippen LogP contribution < -0.4 is 9.73 Å². The standard InChI is InChI=1S/C21H21F2N5O2S3/c1-14-25-26-20(31-14)28-21(15-7-4-3-5-8-15,11-6-12-24-33(2,29)30)32-19(27-28)17-13-16(22)9-10-18(17)23/h3-5,7-10,13,24H,6,11-12H2,1-2H3. The molecule has 174 valence electrons. The van der Waals surface area contributed by atoms with Crippen LogP contribution in [0.15, 0.2) is 53.6 Å². The first-order chi connectivity index (χ1) is 15.7. The van der Waals surface area contributed by atoms with Crippen molar-refractivity contribution in [1.29, 1.82) is 0 Å². The van der Waals surface area contributed by atoms with Gasteiger partial charge in [-0.25, -0.2) is 26.9 Å². The van der Waals surface area contributed by atoms with Gasteiger partial charge in [-0.1, -0.05) is 53.4 Å². The minimum Gasteiger partial charge on any atom is -0.215 e. The smallest absolute Gasteiger partial charge is 0.215 e. The molecular formula is C21H21F2N5O2S3. The summed E-state index contributed by atoms with van der Waals surface area (Å²) in [6, 6.07) is 12.8. The highest BCUT2D eigenvalue weighted by atomic mass is 32.2. The van der Waals surface area contributed by atoms with E-state index in [0.717, 1.165) is 35.0 Å². The first-order valence-electron chi connectivity index (χ1n) is 10.0. The van der Waals surface area contributed by atoms with Crippen LogP contribution in [0.3, 0.4) is 0 Å². The lowest BCUT2D eigenvalue weighted by molar-refractivity contribution is 0.515. The Kier molecular flexibility index (Phi) is 6.80. The number of rotatable bonds is 8. The van der Waals surface area contributed by atoms with Gasteiger partial charge in [0.15, 0.2) is 0 Å². The first-order valence-corrected chi connectivity index (χ1v) is 13.5. The maximum absolute atomic E-state index is 14.7. The van der Waals surface area contributed by atoms with Gasteiger partial charge in [0, 0.05) is 12.1 Å². The van der Waals surface area contributed by atoms with Gasteiger partial charge in [0.2, 0.25) is 15.2 Å². The summed E-state index contributed by atoms with van der Waals surface area (Å²) in [5.74, 6) is -1.15. The van der Waals surface area contributed by atoms with E-state index < -0.39 is 26.5 Å². The SMILES string of the molecule is Cc1nnc(N2N=C(c3cc(F)ccc3F)SC2(CCCNS(C)(=O)=O)c2ccccc2)s1. The molecule has 12 heteroatoms. The minimum absolute atomic E-state index is 0.0540. The third kappa shape index (κ3) is 5.24. The molecule has 1 unspecified atom stereocenters. The summed E-state index contributed by atoms with van der Waals surface area (Å²) >= 11 is 2.62. The number of benzene rings is 2. The molecule has 0 radical (unpaired) electrons. The lowest BCUT2D eigenvalue weighted by atomic mass is 10.0. The molecule has 3 aromatic rings. The first kappa shape index (κ1) is 23.7. The number of hydrazone groups is 1. The highest BCUT2D eigenvalue weighted by molar-refractivity contribution is 8.15. The molecule has 7 nitrogen and oxygen atoms in total. The van der Waals surface area contributed by atoms with Crippen molar-refractivity contribution < 1.29 is 17.2 Å². The maximum Gasteiger partial charge on any atom is 0.230 e. The van der Waals surface area contributed by atoms with Gasteiger partial charge in [-0.05, 0) is 43.5 Å². The highest BCUT2D eigenvalue weighted by Crippen LogP contribution is 2.52. The van der Waals surface area contributed by atoms with Crippen molar-refractivity contribution in [3.05, 3.63) is 76.3 Å². The van der Waals surface area contributed by atoms with E-state index in [1.54, 1.807) is 5.01 Å². The van der Waals surface area contributed by atoms with Gasteiger partial charge in [-0.3, -0.25) is 0 Å². The Morgan fingerprint density at radius 2 is 1.88 bits per heavy atom. The Morgan fingerprint density at radius 1 is 1.12 bits per heavy atom. The number of aryl methyl sites for hydroxylation is 1. The summed E-state index contributed by atoms with van der Waals surface area (Å²) in [4.78, 5) is -0.861. The zero-order valence-electron chi connectivity index (χ0n) is 17.8. The van der Waals surface area contributed by atoms with E-state index in [0.29, 0.717) is 23.0 Å². The topological polar surface area (TPSA) is 87.6 Å². The second-order valence-corrected chi connectivity index (χ2v) is 11.7. The fraction of sp³-hybridized carbons (Fsp3) is 0.286. The van der Waals surface area contributed by atoms with Crippen molar-refractivity contribution in [1.82, 2.24) is 14.9 Å². The largest absolute Gasteiger partial charge is 0.230 e. The molecule has 0 aliphatic carbocycles. The molecule has 0 bridgehead atoms. The molecule has 1 aliphatic heterocycles. The molecule has 0 saturated heterocycles. The number of nitrogens with one attached hydrogen (secondary N) is 1. The van der Waals surface area contributed by atoms with Crippen molar-refractivity contribution in [2.45, 2.75) is 24.6 Å². The minimum atomic E-state index is -3.34. The average molecular weight is 510 g/mol. The molecule has 2 aromatic carbocycles. The van der Waals surface area contributed by atoms with E-state index in [9.17, 15) is 17.2 Å². The Bertz CT molecular complexity index is 1280. The summed E-state index contributed by atoms with van der Waals surface area (Å²) < 4.78 is 54.2. The monoisotopic (exact) mass is 509 g/mol. The van der Waals surface area contributed by atoms with E-state index in [1.807, 2.05) is 37.3 Å². The summed E-state index contributed by atoms with van der Waals surface area (Å²) in [5, 5.41) is 16.3. The van der Waals surface area contributed by atoms with Crippen molar-refractivity contribution in [3.8, 4) is 0 Å². The van der Waals surface area contributed by atoms with E-state index in [-0.39, 0.29) is 12.1 Å². The van der Waals surface area contributed by atoms with Crippen LogP contribution in [0.2, 0.25) is 0 Å². The lowest BCUT2D eigenvalue weighted by Gasteiger charge is -2.35. The Morgan fingerprint density at radius 3 is 2.55 bits per heavy atom. The number of hydrogen-bond acceptors (Lipinski definition) is 8. The Labute approximate surface area is 199 Å². The summed E-state index contributed by atoms with van der Waals surface area (Å²) in [6.45, 7) is 2.04. The molecule has 1 atom stereocenters. The van der Waals surface area contributed by atoms with Crippen molar-refractivity contribution in [2.24, 2.45) is 5.10 Å². The van der Waals surface area contributed by atoms with Crippen LogP contribution in [0.4, 0.5) is 13.9 Å². The van der Waals surface area contributed by atoms with Gasteiger partial charge >= 0.3 is 0 Å². The van der Waals surface area contributed by atoms with Gasteiger partial charge in [-0.2, -0.15) is 5.10 Å². The third-order valence-electron chi connectivity index (χ3n) is 4.94. The number of sulfonamides is 1. The van der Waals surface area contributed by atoms with Crippen molar-refractivity contribution in [2.75, 3.05) is 17.8 Å². The van der Waals surface area contributed by atoms with E-state index >= 15 is 0 Å². The van der Waals surface area contributed by atoms with E-state index in [4.69, 9.17) is 0 Å². The predicted octanol–water partition coefficient (Wildman–Crippen LogP) is 4.22.